The molecule has 0 bridgehead atoms. The smallest absolute Gasteiger partial charge is 0.254 e. The van der Waals surface area contributed by atoms with Crippen LogP contribution in [0.3, 0.4) is 0 Å². The predicted molar refractivity (Wildman–Crippen MR) is 129 cm³/mol. The number of hydrogen-bond donors (Lipinski definition) is 3. The molecule has 33 heavy (non-hydrogen) atoms. The monoisotopic (exact) mass is 471 g/mol. The number of carbonyl (C=O) groups excluding carboxylic acids is 2. The highest BCUT2D eigenvalue weighted by molar-refractivity contribution is 6.30. The zero-order valence-electron chi connectivity index (χ0n) is 18.8. The maximum Gasteiger partial charge on any atom is 0.254 e. The molecule has 2 aromatic rings. The summed E-state index contributed by atoms with van der Waals surface area (Å²) in [6.07, 6.45) is 8.75. The summed E-state index contributed by atoms with van der Waals surface area (Å²) in [6, 6.07) is 9.58. The molecule has 0 aliphatic heterocycles. The number of halogens is 1. The number of para-hydroxylation sites is 1. The first-order chi connectivity index (χ1) is 16.0. The number of amides is 2. The standard InChI is InChI=1S/C24H30ClN5O3/c1-3-20(25)21(4-2)30(19-12-8-7-9-13-19)24-27-16-18(17-28-24)23(32)26-15-11-6-5-10-14-22(31)29-33/h4,7-9,12-13,16-17,33H,2-3,5-6,10-11,14-15H2,1H3,(H,26,32)(H,29,31)/b21-20-. The molecule has 8 nitrogen and oxygen atoms in total. The first kappa shape index (κ1) is 26.0. The summed E-state index contributed by atoms with van der Waals surface area (Å²) >= 11 is 6.45. The molecule has 1 heterocycles. The fourth-order valence-corrected chi connectivity index (χ4v) is 3.28. The van der Waals surface area contributed by atoms with E-state index in [1.165, 1.54) is 12.4 Å². The van der Waals surface area contributed by atoms with Crippen molar-refractivity contribution in [2.45, 2.75) is 45.4 Å². The van der Waals surface area contributed by atoms with Crippen LogP contribution in [0.15, 0.2) is 66.1 Å². The van der Waals surface area contributed by atoms with Gasteiger partial charge in [-0.1, -0.05) is 56.1 Å². The fraction of sp³-hybridized carbons (Fsp3) is 0.333. The van der Waals surface area contributed by atoms with Crippen LogP contribution in [0.5, 0.6) is 0 Å². The summed E-state index contributed by atoms with van der Waals surface area (Å²) in [5.41, 5.74) is 3.48. The molecule has 0 radical (unpaired) electrons. The van der Waals surface area contributed by atoms with Crippen LogP contribution in [0.1, 0.15) is 55.8 Å². The van der Waals surface area contributed by atoms with Gasteiger partial charge in [0, 0.05) is 36.1 Å². The number of unbranched alkanes of at least 4 members (excludes halogenated alkanes) is 3. The van der Waals surface area contributed by atoms with Crippen LogP contribution < -0.4 is 15.7 Å². The van der Waals surface area contributed by atoms with Gasteiger partial charge in [-0.2, -0.15) is 0 Å². The third kappa shape index (κ3) is 8.00. The molecular formula is C24H30ClN5O3. The maximum absolute atomic E-state index is 12.4. The first-order valence-electron chi connectivity index (χ1n) is 10.9. The Labute approximate surface area is 199 Å². The summed E-state index contributed by atoms with van der Waals surface area (Å²) in [7, 11) is 0. The van der Waals surface area contributed by atoms with Crippen LogP contribution >= 0.6 is 11.6 Å². The van der Waals surface area contributed by atoms with Crippen molar-refractivity contribution in [3.05, 3.63) is 71.7 Å². The van der Waals surface area contributed by atoms with Gasteiger partial charge in [0.25, 0.3) is 5.91 Å². The van der Waals surface area contributed by atoms with E-state index >= 15 is 0 Å². The van der Waals surface area contributed by atoms with Crippen LogP contribution in [-0.2, 0) is 4.79 Å². The minimum Gasteiger partial charge on any atom is -0.352 e. The Hall–Kier alpha value is -3.23. The van der Waals surface area contributed by atoms with Crippen molar-refractivity contribution in [3.63, 3.8) is 0 Å². The van der Waals surface area contributed by atoms with E-state index in [-0.39, 0.29) is 11.8 Å². The van der Waals surface area contributed by atoms with E-state index < -0.39 is 0 Å². The molecule has 0 unspecified atom stereocenters. The Morgan fingerprint density at radius 1 is 1.12 bits per heavy atom. The van der Waals surface area contributed by atoms with Crippen LogP contribution in [-0.4, -0.2) is 33.5 Å². The van der Waals surface area contributed by atoms with Crippen molar-refractivity contribution in [2.24, 2.45) is 0 Å². The highest BCUT2D eigenvalue weighted by Crippen LogP contribution is 2.30. The number of benzene rings is 1. The number of hydrogen-bond acceptors (Lipinski definition) is 6. The number of nitrogens with one attached hydrogen (secondary N) is 2. The zero-order chi connectivity index (χ0) is 24.1. The van der Waals surface area contributed by atoms with Gasteiger partial charge in [-0.3, -0.25) is 19.7 Å². The second kappa shape index (κ2) is 14.0. The molecule has 1 aromatic heterocycles. The highest BCUT2D eigenvalue weighted by atomic mass is 35.5. The molecule has 0 fully saturated rings. The average molecular weight is 472 g/mol. The van der Waals surface area contributed by atoms with Gasteiger partial charge in [0.1, 0.15) is 0 Å². The Bertz CT molecular complexity index is 948. The van der Waals surface area contributed by atoms with E-state index in [0.29, 0.717) is 48.0 Å². The molecule has 0 atom stereocenters. The average Bonchev–Trinajstić information content (AvgIpc) is 2.86. The number of allylic oxidation sites excluding steroid dienone is 2. The van der Waals surface area contributed by atoms with E-state index in [2.05, 4.69) is 21.9 Å². The number of nitrogens with zero attached hydrogens (tertiary/aromatic N) is 3. The number of rotatable bonds is 13. The number of anilines is 2. The van der Waals surface area contributed by atoms with Gasteiger partial charge in [0.15, 0.2) is 0 Å². The minimum atomic E-state index is -0.384. The molecule has 1 aromatic carbocycles. The van der Waals surface area contributed by atoms with Gasteiger partial charge < -0.3 is 5.32 Å². The van der Waals surface area contributed by atoms with Gasteiger partial charge in [-0.05, 0) is 37.5 Å². The molecule has 0 aliphatic carbocycles. The van der Waals surface area contributed by atoms with Crippen LogP contribution in [0.25, 0.3) is 0 Å². The topological polar surface area (TPSA) is 107 Å². The van der Waals surface area contributed by atoms with Crippen molar-refractivity contribution in [3.8, 4) is 0 Å². The minimum absolute atomic E-state index is 0.251. The van der Waals surface area contributed by atoms with Gasteiger partial charge in [-0.25, -0.2) is 15.4 Å². The maximum atomic E-state index is 12.4. The number of hydroxylamine groups is 1. The molecule has 0 saturated heterocycles. The quantitative estimate of drug-likeness (QED) is 0.167. The second-order valence-electron chi connectivity index (χ2n) is 7.25. The van der Waals surface area contributed by atoms with Gasteiger partial charge in [0.05, 0.1) is 11.3 Å². The van der Waals surface area contributed by atoms with Crippen molar-refractivity contribution in [2.75, 3.05) is 11.4 Å². The summed E-state index contributed by atoms with van der Waals surface area (Å²) in [6.45, 7) is 6.35. The molecule has 2 rings (SSSR count). The molecule has 3 N–H and O–H groups in total. The van der Waals surface area contributed by atoms with Gasteiger partial charge in [0.2, 0.25) is 11.9 Å². The van der Waals surface area contributed by atoms with E-state index in [1.807, 2.05) is 37.3 Å². The summed E-state index contributed by atoms with van der Waals surface area (Å²) < 4.78 is 0. The molecule has 2 amide bonds. The highest BCUT2D eigenvalue weighted by Gasteiger charge is 2.18. The number of aromatic nitrogens is 2. The molecule has 0 aliphatic rings. The lowest BCUT2D eigenvalue weighted by Gasteiger charge is -2.25. The lowest BCUT2D eigenvalue weighted by molar-refractivity contribution is -0.129. The van der Waals surface area contributed by atoms with Crippen LogP contribution in [0.2, 0.25) is 0 Å². The third-order valence-corrected chi connectivity index (χ3v) is 5.34. The Kier molecular flexibility index (Phi) is 11.1. The summed E-state index contributed by atoms with van der Waals surface area (Å²) in [5.74, 6) is -0.255. The van der Waals surface area contributed by atoms with Crippen molar-refractivity contribution >= 4 is 35.1 Å². The first-order valence-corrected chi connectivity index (χ1v) is 11.3. The summed E-state index contributed by atoms with van der Waals surface area (Å²) in [5, 5.41) is 11.9. The molecule has 0 spiro atoms. The van der Waals surface area contributed by atoms with Crippen LogP contribution in [0, 0.1) is 0 Å². The Morgan fingerprint density at radius 3 is 2.39 bits per heavy atom. The Balaban J connectivity index is 2.00. The third-order valence-electron chi connectivity index (χ3n) is 4.88. The Morgan fingerprint density at radius 2 is 1.79 bits per heavy atom. The van der Waals surface area contributed by atoms with E-state index in [0.717, 1.165) is 24.9 Å². The predicted octanol–water partition coefficient (Wildman–Crippen LogP) is 4.85. The zero-order valence-corrected chi connectivity index (χ0v) is 19.5. The molecular weight excluding hydrogens is 442 g/mol. The van der Waals surface area contributed by atoms with Gasteiger partial charge in [-0.15, -0.1) is 0 Å². The summed E-state index contributed by atoms with van der Waals surface area (Å²) in [4.78, 5) is 34.0. The van der Waals surface area contributed by atoms with Crippen molar-refractivity contribution in [1.29, 1.82) is 0 Å². The van der Waals surface area contributed by atoms with Gasteiger partial charge >= 0.3 is 0 Å². The normalized spacial score (nSPS) is 11.4. The van der Waals surface area contributed by atoms with Crippen molar-refractivity contribution < 1.29 is 14.8 Å². The van der Waals surface area contributed by atoms with Crippen molar-refractivity contribution in [1.82, 2.24) is 20.8 Å². The van der Waals surface area contributed by atoms with E-state index in [4.69, 9.17) is 16.8 Å². The fourth-order valence-electron chi connectivity index (χ4n) is 3.12. The lowest BCUT2D eigenvalue weighted by Crippen LogP contribution is -2.25. The van der Waals surface area contributed by atoms with Crippen LogP contribution in [0.4, 0.5) is 11.6 Å². The second-order valence-corrected chi connectivity index (χ2v) is 7.70. The lowest BCUT2D eigenvalue weighted by atomic mass is 10.1. The van der Waals surface area contributed by atoms with E-state index in [1.54, 1.807) is 16.5 Å². The molecule has 176 valence electrons. The molecule has 0 saturated carbocycles. The molecule has 9 heteroatoms. The number of carbonyl (C=O) groups is 2. The SMILES string of the molecule is C=C/C(=C(/Cl)CC)N(c1ccccc1)c1ncc(C(=O)NCCCCCCC(=O)NO)cn1. The van der Waals surface area contributed by atoms with E-state index in [9.17, 15) is 9.59 Å². The largest absolute Gasteiger partial charge is 0.352 e.